The van der Waals surface area contributed by atoms with Crippen molar-refractivity contribution in [3.05, 3.63) is 59.7 Å². The molecule has 3 heterocycles. The quantitative estimate of drug-likeness (QED) is 0.0216. The highest BCUT2D eigenvalue weighted by Crippen LogP contribution is 2.39. The fourth-order valence-corrected chi connectivity index (χ4v) is 6.63. The van der Waals surface area contributed by atoms with E-state index < -0.39 is 73.2 Å². The van der Waals surface area contributed by atoms with Gasteiger partial charge in [0.25, 0.3) is 0 Å². The summed E-state index contributed by atoms with van der Waals surface area (Å²) in [5.41, 5.74) is 6.50. The summed E-state index contributed by atoms with van der Waals surface area (Å²) in [5.74, 6) is -6.75. The lowest BCUT2D eigenvalue weighted by atomic mass is 9.83. The third-order valence-corrected chi connectivity index (χ3v) is 9.38. The van der Waals surface area contributed by atoms with E-state index in [1.54, 1.807) is 37.1 Å². The van der Waals surface area contributed by atoms with Gasteiger partial charge in [0.1, 0.15) is 18.3 Å². The lowest BCUT2D eigenvalue weighted by molar-refractivity contribution is -0.413. The number of aliphatic imine (C=N–C) groups is 1. The molecule has 0 radical (unpaired) electrons. The summed E-state index contributed by atoms with van der Waals surface area (Å²) in [6.45, 7) is 6.21. The Balaban J connectivity index is 1.75. The van der Waals surface area contributed by atoms with E-state index >= 15 is 0 Å². The van der Waals surface area contributed by atoms with Crippen LogP contribution in [0.4, 0.5) is 0 Å². The van der Waals surface area contributed by atoms with Crippen LogP contribution in [0, 0.1) is 11.8 Å². The maximum absolute atomic E-state index is 13.7. The summed E-state index contributed by atoms with van der Waals surface area (Å²) in [4.78, 5) is 32.0. The van der Waals surface area contributed by atoms with Crippen molar-refractivity contribution in [1.29, 1.82) is 0 Å². The summed E-state index contributed by atoms with van der Waals surface area (Å²) in [6, 6.07) is 0. The van der Waals surface area contributed by atoms with E-state index in [9.17, 15) is 40.2 Å². The van der Waals surface area contributed by atoms with Crippen molar-refractivity contribution in [2.45, 2.75) is 94.8 Å². The first-order chi connectivity index (χ1) is 25.7. The van der Waals surface area contributed by atoms with Gasteiger partial charge in [0.05, 0.1) is 54.9 Å². The molecule has 0 aromatic rings. The van der Waals surface area contributed by atoms with Crippen LogP contribution in [0.15, 0.2) is 64.7 Å². The largest absolute Gasteiger partial charge is 0.478 e. The van der Waals surface area contributed by atoms with Crippen molar-refractivity contribution in [2.24, 2.45) is 22.6 Å². The van der Waals surface area contributed by atoms with Crippen molar-refractivity contribution < 1.29 is 69.0 Å². The maximum Gasteiger partial charge on any atom is 0.338 e. The predicted octanol–water partition coefficient (Wildman–Crippen LogP) is -0.927. The van der Waals surface area contributed by atoms with Crippen LogP contribution in [-0.4, -0.2) is 147 Å². The number of aliphatic hydroxyl groups is 6. The number of ether oxygens (including phenoxy) is 5. The summed E-state index contributed by atoms with van der Waals surface area (Å²) in [7, 11) is 0. The average Bonchev–Trinajstić information content (AvgIpc) is 3.64. The van der Waals surface area contributed by atoms with Gasteiger partial charge in [-0.15, -0.1) is 6.58 Å². The number of hydrogen-bond donors (Lipinski definition) is 9. The SMILES string of the molecule is C=CC1C(OC2OC(CO)C(O)C(O)(O)C2OC(C)C)OC=C(C(=O)OC2CCCC2)C1C=CC1=CN(CCO)CC(C(=O)O)=C1NC(N)=NCCCO. The highest BCUT2D eigenvalue weighted by atomic mass is 16.8. The zero-order valence-corrected chi connectivity index (χ0v) is 30.5. The Labute approximate surface area is 313 Å². The summed E-state index contributed by atoms with van der Waals surface area (Å²) in [6.07, 6.45) is 1.98. The molecule has 1 saturated heterocycles. The average molecular weight is 767 g/mol. The normalized spacial score (nSPS) is 29.2. The number of carboxylic acids is 1. The molecule has 4 aliphatic rings. The smallest absolute Gasteiger partial charge is 0.338 e. The van der Waals surface area contributed by atoms with Crippen LogP contribution in [0.3, 0.4) is 0 Å². The zero-order valence-electron chi connectivity index (χ0n) is 30.5. The van der Waals surface area contributed by atoms with Gasteiger partial charge in [0.2, 0.25) is 12.1 Å². The number of carboxylic acid groups (broad SMARTS) is 1. The van der Waals surface area contributed by atoms with Gasteiger partial charge in [-0.25, -0.2) is 9.59 Å². The van der Waals surface area contributed by atoms with Crippen molar-refractivity contribution in [3.8, 4) is 0 Å². The molecule has 54 heavy (non-hydrogen) atoms. The minimum Gasteiger partial charge on any atom is -0.478 e. The van der Waals surface area contributed by atoms with E-state index in [1.807, 2.05) is 0 Å². The van der Waals surface area contributed by atoms with E-state index in [2.05, 4.69) is 16.9 Å². The standard InChI is InChI=1S/C36H54N4O14/c1-4-23-24(11-10-21-16-40(13-15-42)17-25(31(45)46)28(21)39-35(37)38-12-7-14-41)26(32(47)52-22-8-5-6-9-22)19-50-33(23)54-34-30(51-20(2)3)36(48,49)29(44)27(18-43)53-34/h4,10-11,16,19-20,22-24,27,29-30,33-34,41-44,48-49H,1,5-9,12-15,17-18H2,2-3H3,(H,45,46)(H3,37,38,39). The highest BCUT2D eigenvalue weighted by Gasteiger charge is 2.57. The lowest BCUT2D eigenvalue weighted by Crippen LogP contribution is -2.69. The van der Waals surface area contributed by atoms with Gasteiger partial charge in [0.15, 0.2) is 18.4 Å². The van der Waals surface area contributed by atoms with E-state index in [-0.39, 0.29) is 61.8 Å². The molecular formula is C36H54N4O14. The minimum atomic E-state index is -2.92. The molecule has 7 atom stereocenters. The van der Waals surface area contributed by atoms with Gasteiger partial charge in [-0.1, -0.05) is 18.2 Å². The molecule has 0 aromatic heterocycles. The molecule has 7 unspecified atom stereocenters. The maximum atomic E-state index is 13.7. The van der Waals surface area contributed by atoms with Crippen molar-refractivity contribution >= 4 is 17.9 Å². The second-order valence-electron chi connectivity index (χ2n) is 13.7. The molecule has 1 aliphatic carbocycles. The first-order valence-corrected chi connectivity index (χ1v) is 18.0. The molecule has 0 aromatic carbocycles. The van der Waals surface area contributed by atoms with E-state index in [4.69, 9.17) is 34.5 Å². The number of nitrogens with two attached hydrogens (primary N) is 1. The Morgan fingerprint density at radius 2 is 1.91 bits per heavy atom. The molecular weight excluding hydrogens is 712 g/mol. The van der Waals surface area contributed by atoms with Crippen molar-refractivity contribution in [3.63, 3.8) is 0 Å². The number of guanidine groups is 1. The third-order valence-electron chi connectivity index (χ3n) is 9.38. The minimum absolute atomic E-state index is 0.0791. The van der Waals surface area contributed by atoms with E-state index in [0.29, 0.717) is 24.8 Å². The number of aliphatic hydroxyl groups excluding tert-OH is 4. The molecule has 10 N–H and O–H groups in total. The van der Waals surface area contributed by atoms with Crippen LogP contribution in [-0.2, 0) is 33.3 Å². The van der Waals surface area contributed by atoms with Crippen LogP contribution in [0.1, 0.15) is 46.0 Å². The van der Waals surface area contributed by atoms with Crippen LogP contribution < -0.4 is 11.1 Å². The van der Waals surface area contributed by atoms with Gasteiger partial charge in [0, 0.05) is 37.4 Å². The predicted molar refractivity (Wildman–Crippen MR) is 190 cm³/mol. The molecule has 1 saturated carbocycles. The number of carbonyl (C=O) groups is 2. The zero-order chi connectivity index (χ0) is 39.6. The van der Waals surface area contributed by atoms with Gasteiger partial charge in [-0.3, -0.25) is 4.99 Å². The van der Waals surface area contributed by atoms with Gasteiger partial charge in [-0.05, 0) is 46.0 Å². The summed E-state index contributed by atoms with van der Waals surface area (Å²) < 4.78 is 29.4. The number of nitrogens with zero attached hydrogens (tertiary/aromatic N) is 2. The Kier molecular flexibility index (Phi) is 15.6. The second kappa shape index (κ2) is 19.7. The molecule has 18 nitrogen and oxygen atoms in total. The monoisotopic (exact) mass is 766 g/mol. The third kappa shape index (κ3) is 10.5. The van der Waals surface area contributed by atoms with Gasteiger partial charge >= 0.3 is 11.9 Å². The first kappa shape index (κ1) is 42.9. The number of rotatable bonds is 17. The second-order valence-corrected chi connectivity index (χ2v) is 13.7. The lowest BCUT2D eigenvalue weighted by Gasteiger charge is -2.48. The molecule has 302 valence electrons. The fraction of sp³-hybridized carbons (Fsp3) is 0.639. The van der Waals surface area contributed by atoms with Crippen molar-refractivity contribution in [1.82, 2.24) is 10.2 Å². The van der Waals surface area contributed by atoms with Crippen LogP contribution in [0.5, 0.6) is 0 Å². The first-order valence-electron chi connectivity index (χ1n) is 18.0. The Morgan fingerprint density at radius 1 is 1.19 bits per heavy atom. The molecule has 18 heteroatoms. The van der Waals surface area contributed by atoms with E-state index in [1.165, 1.54) is 12.3 Å². The molecule has 0 spiro atoms. The van der Waals surface area contributed by atoms with Gasteiger partial charge < -0.3 is 75.4 Å². The van der Waals surface area contributed by atoms with Gasteiger partial charge in [-0.2, -0.15) is 0 Å². The van der Waals surface area contributed by atoms with E-state index in [0.717, 1.165) is 12.8 Å². The molecule has 3 aliphatic heterocycles. The summed E-state index contributed by atoms with van der Waals surface area (Å²) >= 11 is 0. The molecule has 4 rings (SSSR count). The molecule has 0 amide bonds. The Bertz CT molecular complexity index is 1470. The number of β-amino-alcohol motifs (C(OH)–C–C–N with tert-alkyl or cyclic N) is 1. The number of carbonyl (C=O) groups excluding carboxylic acids is 1. The Morgan fingerprint density at radius 3 is 2.52 bits per heavy atom. The topological polar surface area (TPSA) is 276 Å². The van der Waals surface area contributed by atoms with Crippen molar-refractivity contribution in [2.75, 3.05) is 39.5 Å². The number of esters is 1. The molecule has 0 bridgehead atoms. The number of aliphatic carboxylic acids is 1. The summed E-state index contributed by atoms with van der Waals surface area (Å²) in [5, 5.41) is 74.1. The van der Waals surface area contributed by atoms with Crippen LogP contribution >= 0.6 is 0 Å². The molecule has 2 fully saturated rings. The number of allylic oxidation sites excluding steroid dienone is 2. The number of hydrogen-bond acceptors (Lipinski definition) is 15. The Hall–Kier alpha value is -3.85. The van der Waals surface area contributed by atoms with Crippen LogP contribution in [0.25, 0.3) is 0 Å². The number of nitrogens with one attached hydrogen (secondary N) is 1. The van der Waals surface area contributed by atoms with Crippen LogP contribution in [0.2, 0.25) is 0 Å². The highest BCUT2D eigenvalue weighted by molar-refractivity contribution is 5.92. The fourth-order valence-electron chi connectivity index (χ4n) is 6.63.